The van der Waals surface area contributed by atoms with Crippen LogP contribution in [0.15, 0.2) is 16.0 Å². The van der Waals surface area contributed by atoms with Gasteiger partial charge in [-0.3, -0.25) is 14.2 Å². The summed E-state index contributed by atoms with van der Waals surface area (Å²) in [6, 6.07) is 1.88. The number of aromatic amines is 1. The van der Waals surface area contributed by atoms with Gasteiger partial charge in [-0.25, -0.2) is 4.98 Å². The Morgan fingerprint density at radius 2 is 1.96 bits per heavy atom. The lowest BCUT2D eigenvalue weighted by Gasteiger charge is -2.21. The topological polar surface area (TPSA) is 71.0 Å². The van der Waals surface area contributed by atoms with E-state index >= 15 is 0 Å². The first kappa shape index (κ1) is 21.5. The highest BCUT2D eigenvalue weighted by atomic mass is 32.2. The Hall–Kier alpha value is -1.76. The Morgan fingerprint density at radius 1 is 1.30 bits per heavy atom. The van der Waals surface area contributed by atoms with Gasteiger partial charge in [0.1, 0.15) is 5.52 Å². The maximum atomic E-state index is 12.9. The highest BCUT2D eigenvalue weighted by Gasteiger charge is 2.17. The molecule has 0 bridgehead atoms. The second-order valence-corrected chi connectivity index (χ2v) is 8.36. The summed E-state index contributed by atoms with van der Waals surface area (Å²) in [6.45, 7) is 12.5. The lowest BCUT2D eigenvalue weighted by Crippen LogP contribution is -2.34. The van der Waals surface area contributed by atoms with Gasteiger partial charge in [-0.2, -0.15) is 0 Å². The number of carbonyl (C=O) groups is 1. The van der Waals surface area contributed by atoms with Crippen molar-refractivity contribution in [3.63, 3.8) is 0 Å². The molecular weight excluding hydrogens is 360 g/mol. The zero-order chi connectivity index (χ0) is 20.0. The minimum atomic E-state index is -0.0531. The van der Waals surface area contributed by atoms with Gasteiger partial charge in [0, 0.05) is 25.3 Å². The van der Waals surface area contributed by atoms with E-state index < -0.39 is 0 Å². The smallest absolute Gasteiger partial charge is 0.278 e. The monoisotopic (exact) mass is 392 g/mol. The molecule has 0 atom stereocenters. The minimum absolute atomic E-state index is 0.0531. The van der Waals surface area contributed by atoms with Gasteiger partial charge in [0.15, 0.2) is 5.16 Å². The minimum Gasteiger partial charge on any atom is -0.353 e. The molecule has 7 heteroatoms. The Balaban J connectivity index is 2.28. The van der Waals surface area contributed by atoms with Gasteiger partial charge in [-0.1, -0.05) is 39.5 Å². The largest absolute Gasteiger partial charge is 0.353 e. The highest BCUT2D eigenvalue weighted by molar-refractivity contribution is 7.99. The second kappa shape index (κ2) is 9.97. The van der Waals surface area contributed by atoms with E-state index in [9.17, 15) is 9.59 Å². The third-order valence-corrected chi connectivity index (χ3v) is 5.39. The van der Waals surface area contributed by atoms with Crippen LogP contribution in [0, 0.1) is 12.8 Å². The van der Waals surface area contributed by atoms with Gasteiger partial charge >= 0.3 is 0 Å². The fourth-order valence-electron chi connectivity index (χ4n) is 3.02. The first-order chi connectivity index (χ1) is 12.9. The van der Waals surface area contributed by atoms with E-state index in [1.807, 2.05) is 17.9 Å². The quantitative estimate of drug-likeness (QED) is 0.493. The van der Waals surface area contributed by atoms with Crippen LogP contribution in [-0.2, 0) is 11.3 Å². The van der Waals surface area contributed by atoms with Crippen LogP contribution in [0.4, 0.5) is 0 Å². The number of aromatic nitrogens is 3. The van der Waals surface area contributed by atoms with E-state index in [0.29, 0.717) is 34.4 Å². The van der Waals surface area contributed by atoms with Gasteiger partial charge in [0.2, 0.25) is 5.91 Å². The van der Waals surface area contributed by atoms with Gasteiger partial charge in [0.05, 0.1) is 11.3 Å². The number of rotatable bonds is 10. The zero-order valence-corrected chi connectivity index (χ0v) is 18.0. The molecule has 2 heterocycles. The standard InChI is InChI=1S/C20H32N4O2S/c1-6-9-23(10-7-2)17(25)13-27-20-22-16-12-15(5)21-18(16)19(26)24(20)11-8-14(3)4/h12,14,21H,6-11,13H2,1-5H3. The summed E-state index contributed by atoms with van der Waals surface area (Å²) in [5.74, 6) is 0.906. The van der Waals surface area contributed by atoms with Crippen molar-refractivity contribution in [2.45, 2.75) is 65.6 Å². The number of aryl methyl sites for hydroxylation is 1. The van der Waals surface area contributed by atoms with Gasteiger partial charge in [-0.15, -0.1) is 0 Å². The SMILES string of the molecule is CCCN(CCC)C(=O)CSc1nc2cc(C)[nH]c2c(=O)n1CCC(C)C. The Bertz CT molecular complexity index is 819. The van der Waals surface area contributed by atoms with Crippen LogP contribution in [-0.4, -0.2) is 44.2 Å². The Kier molecular flexibility index (Phi) is 7.95. The molecule has 150 valence electrons. The molecule has 0 aromatic carbocycles. The summed E-state index contributed by atoms with van der Waals surface area (Å²) in [5.41, 5.74) is 2.08. The van der Waals surface area contributed by atoms with Crippen molar-refractivity contribution < 1.29 is 4.79 Å². The molecule has 0 aliphatic heterocycles. The normalized spacial score (nSPS) is 11.5. The molecule has 27 heavy (non-hydrogen) atoms. The average molecular weight is 393 g/mol. The van der Waals surface area contributed by atoms with Crippen molar-refractivity contribution in [3.8, 4) is 0 Å². The van der Waals surface area contributed by atoms with E-state index in [2.05, 4.69) is 37.7 Å². The molecule has 1 N–H and O–H groups in total. The average Bonchev–Trinajstić information content (AvgIpc) is 2.99. The van der Waals surface area contributed by atoms with E-state index in [1.165, 1.54) is 11.8 Å². The molecule has 0 radical (unpaired) electrons. The molecule has 0 fully saturated rings. The summed E-state index contributed by atoms with van der Waals surface area (Å²) in [5, 5.41) is 0.633. The van der Waals surface area contributed by atoms with Crippen molar-refractivity contribution in [1.29, 1.82) is 0 Å². The fourth-order valence-corrected chi connectivity index (χ4v) is 3.95. The van der Waals surface area contributed by atoms with Crippen molar-refractivity contribution in [1.82, 2.24) is 19.4 Å². The Labute approximate surface area is 165 Å². The highest BCUT2D eigenvalue weighted by Crippen LogP contribution is 2.20. The third-order valence-electron chi connectivity index (χ3n) is 4.43. The van der Waals surface area contributed by atoms with Crippen molar-refractivity contribution in [2.24, 2.45) is 5.92 Å². The molecular formula is C20H32N4O2S. The number of thioether (sulfide) groups is 1. The number of carbonyl (C=O) groups excluding carboxylic acids is 1. The molecule has 0 unspecified atom stereocenters. The molecule has 2 aromatic heterocycles. The predicted molar refractivity (Wildman–Crippen MR) is 112 cm³/mol. The van der Waals surface area contributed by atoms with Crippen LogP contribution in [0.1, 0.15) is 52.7 Å². The summed E-state index contributed by atoms with van der Waals surface area (Å²) in [6.07, 6.45) is 2.79. The number of fused-ring (bicyclic) bond motifs is 1. The summed E-state index contributed by atoms with van der Waals surface area (Å²) < 4.78 is 1.72. The van der Waals surface area contributed by atoms with Crippen molar-refractivity contribution in [3.05, 3.63) is 22.1 Å². The second-order valence-electron chi connectivity index (χ2n) is 7.42. The molecule has 2 rings (SSSR count). The number of nitrogens with zero attached hydrogens (tertiary/aromatic N) is 3. The van der Waals surface area contributed by atoms with Crippen molar-refractivity contribution >= 4 is 28.7 Å². The summed E-state index contributed by atoms with van der Waals surface area (Å²) >= 11 is 1.37. The molecule has 0 saturated carbocycles. The molecule has 6 nitrogen and oxygen atoms in total. The van der Waals surface area contributed by atoms with E-state index in [1.54, 1.807) is 4.57 Å². The van der Waals surface area contributed by atoms with Crippen LogP contribution in [0.25, 0.3) is 11.0 Å². The number of H-pyrrole nitrogens is 1. The van der Waals surface area contributed by atoms with E-state index in [4.69, 9.17) is 0 Å². The predicted octanol–water partition coefficient (Wildman–Crippen LogP) is 3.82. The van der Waals surface area contributed by atoms with Crippen LogP contribution >= 0.6 is 11.8 Å². The number of hydrogen-bond donors (Lipinski definition) is 1. The Morgan fingerprint density at radius 3 is 2.56 bits per heavy atom. The molecule has 0 spiro atoms. The summed E-state index contributed by atoms with van der Waals surface area (Å²) in [4.78, 5) is 35.3. The van der Waals surface area contributed by atoms with Crippen LogP contribution in [0.3, 0.4) is 0 Å². The first-order valence-corrected chi connectivity index (χ1v) is 10.9. The van der Waals surface area contributed by atoms with Crippen LogP contribution in [0.5, 0.6) is 0 Å². The van der Waals surface area contributed by atoms with Gasteiger partial charge < -0.3 is 9.88 Å². The van der Waals surface area contributed by atoms with Crippen molar-refractivity contribution in [2.75, 3.05) is 18.8 Å². The van der Waals surface area contributed by atoms with Gasteiger partial charge in [-0.05, 0) is 38.2 Å². The molecule has 0 saturated heterocycles. The molecule has 0 aliphatic rings. The van der Waals surface area contributed by atoms with Gasteiger partial charge in [0.25, 0.3) is 5.56 Å². The van der Waals surface area contributed by atoms with Crippen LogP contribution in [0.2, 0.25) is 0 Å². The summed E-state index contributed by atoms with van der Waals surface area (Å²) in [7, 11) is 0. The molecule has 0 aliphatic carbocycles. The van der Waals surface area contributed by atoms with E-state index in [0.717, 1.165) is 38.0 Å². The number of hydrogen-bond acceptors (Lipinski definition) is 4. The maximum absolute atomic E-state index is 12.9. The van der Waals surface area contributed by atoms with E-state index in [-0.39, 0.29) is 11.5 Å². The number of amides is 1. The zero-order valence-electron chi connectivity index (χ0n) is 17.2. The lowest BCUT2D eigenvalue weighted by molar-refractivity contribution is -0.128. The third kappa shape index (κ3) is 5.61. The number of nitrogens with one attached hydrogen (secondary N) is 1. The molecule has 1 amide bonds. The lowest BCUT2D eigenvalue weighted by atomic mass is 10.1. The maximum Gasteiger partial charge on any atom is 0.278 e. The first-order valence-electron chi connectivity index (χ1n) is 9.88. The fraction of sp³-hybridized carbons (Fsp3) is 0.650. The molecule has 2 aromatic rings. The van der Waals surface area contributed by atoms with Crippen LogP contribution < -0.4 is 5.56 Å².